The van der Waals surface area contributed by atoms with Gasteiger partial charge in [-0.05, 0) is 42.0 Å². The summed E-state index contributed by atoms with van der Waals surface area (Å²) in [6.45, 7) is 7.28. The highest BCUT2D eigenvalue weighted by Gasteiger charge is 2.41. The Bertz CT molecular complexity index is 855. The van der Waals surface area contributed by atoms with E-state index in [0.29, 0.717) is 45.3 Å². The van der Waals surface area contributed by atoms with Gasteiger partial charge in [-0.1, -0.05) is 43.3 Å². The molecule has 29 heavy (non-hydrogen) atoms. The van der Waals surface area contributed by atoms with Crippen LogP contribution < -0.4 is 5.32 Å². The summed E-state index contributed by atoms with van der Waals surface area (Å²) in [5.74, 6) is 0.205. The fourth-order valence-corrected chi connectivity index (χ4v) is 4.03. The van der Waals surface area contributed by atoms with Gasteiger partial charge >= 0.3 is 0 Å². The van der Waals surface area contributed by atoms with Crippen molar-refractivity contribution in [2.45, 2.75) is 32.6 Å². The maximum Gasteiger partial charge on any atom is 0.226 e. The number of hydrogen-bond donors (Lipinski definition) is 1. The Hall–Kier alpha value is -2.95. The van der Waals surface area contributed by atoms with Crippen LogP contribution in [0.15, 0.2) is 61.4 Å². The molecule has 5 heteroatoms. The molecule has 3 rings (SSSR count). The first-order valence-corrected chi connectivity index (χ1v) is 10.2. The number of nitrogens with zero attached hydrogens (tertiary/aromatic N) is 2. The number of aromatic nitrogens is 1. The summed E-state index contributed by atoms with van der Waals surface area (Å²) >= 11 is 0. The molecule has 0 bridgehead atoms. The molecule has 0 unspecified atom stereocenters. The number of carbonyl (C=O) groups excluding carboxylic acids is 2. The minimum Gasteiger partial charge on any atom is -0.352 e. The predicted octanol–water partition coefficient (Wildman–Crippen LogP) is 3.61. The summed E-state index contributed by atoms with van der Waals surface area (Å²) in [7, 11) is 0. The number of hydrogen-bond acceptors (Lipinski definition) is 3. The van der Waals surface area contributed by atoms with Crippen LogP contribution in [-0.4, -0.2) is 41.3 Å². The Labute approximate surface area is 172 Å². The molecule has 2 amide bonds. The molecule has 5 nitrogen and oxygen atoms in total. The van der Waals surface area contributed by atoms with E-state index in [-0.39, 0.29) is 11.8 Å². The second kappa shape index (κ2) is 9.50. The van der Waals surface area contributed by atoms with Crippen LogP contribution in [0.1, 0.15) is 31.7 Å². The van der Waals surface area contributed by atoms with Gasteiger partial charge in [-0.15, -0.1) is 6.58 Å². The third-order valence-corrected chi connectivity index (χ3v) is 5.73. The van der Waals surface area contributed by atoms with E-state index in [1.807, 2.05) is 36.2 Å². The van der Waals surface area contributed by atoms with Crippen molar-refractivity contribution in [1.82, 2.24) is 15.2 Å². The van der Waals surface area contributed by atoms with Crippen LogP contribution in [0, 0.1) is 5.41 Å². The Morgan fingerprint density at radius 3 is 2.62 bits per heavy atom. The van der Waals surface area contributed by atoms with E-state index in [2.05, 4.69) is 35.1 Å². The number of piperidine rings is 1. The molecule has 1 saturated heterocycles. The molecule has 1 aliphatic heterocycles. The van der Waals surface area contributed by atoms with E-state index in [0.717, 1.165) is 16.7 Å². The summed E-state index contributed by atoms with van der Waals surface area (Å²) in [4.78, 5) is 31.3. The smallest absolute Gasteiger partial charge is 0.226 e. The average Bonchev–Trinajstić information content (AvgIpc) is 2.78. The van der Waals surface area contributed by atoms with Gasteiger partial charge in [0.2, 0.25) is 11.8 Å². The number of amides is 2. The van der Waals surface area contributed by atoms with E-state index in [9.17, 15) is 9.59 Å². The monoisotopic (exact) mass is 391 g/mol. The van der Waals surface area contributed by atoms with Crippen molar-refractivity contribution < 1.29 is 9.59 Å². The molecular weight excluding hydrogens is 362 g/mol. The summed E-state index contributed by atoms with van der Waals surface area (Å²) in [6, 6.07) is 12.3. The van der Waals surface area contributed by atoms with Gasteiger partial charge in [0.1, 0.15) is 0 Å². The zero-order chi connectivity index (χ0) is 20.7. The highest BCUT2D eigenvalue weighted by molar-refractivity contribution is 5.84. The van der Waals surface area contributed by atoms with Crippen molar-refractivity contribution >= 4 is 11.8 Å². The van der Waals surface area contributed by atoms with Gasteiger partial charge in [0.05, 0.1) is 5.41 Å². The van der Waals surface area contributed by atoms with Crippen molar-refractivity contribution in [3.05, 3.63) is 67.0 Å². The Morgan fingerprint density at radius 2 is 1.97 bits per heavy atom. The van der Waals surface area contributed by atoms with Crippen molar-refractivity contribution in [2.24, 2.45) is 5.41 Å². The molecule has 2 aromatic rings. The summed E-state index contributed by atoms with van der Waals surface area (Å²) in [5.41, 5.74) is 2.76. The normalized spacial score (nSPS) is 15.6. The minimum absolute atomic E-state index is 0.0489. The van der Waals surface area contributed by atoms with Crippen LogP contribution in [0.5, 0.6) is 0 Å². The lowest BCUT2D eigenvalue weighted by atomic mass is 9.72. The van der Waals surface area contributed by atoms with Crippen LogP contribution in [-0.2, 0) is 16.0 Å². The number of pyridine rings is 1. The molecule has 0 atom stereocenters. The van der Waals surface area contributed by atoms with Crippen molar-refractivity contribution in [3.63, 3.8) is 0 Å². The zero-order valence-electron chi connectivity index (χ0n) is 17.1. The molecule has 0 aliphatic carbocycles. The lowest BCUT2D eigenvalue weighted by Crippen LogP contribution is -2.51. The molecule has 2 heterocycles. The third-order valence-electron chi connectivity index (χ3n) is 5.73. The summed E-state index contributed by atoms with van der Waals surface area (Å²) < 4.78 is 0. The van der Waals surface area contributed by atoms with E-state index in [1.165, 1.54) is 0 Å². The van der Waals surface area contributed by atoms with Crippen LogP contribution >= 0.6 is 0 Å². The molecule has 0 spiro atoms. The third kappa shape index (κ3) is 4.91. The van der Waals surface area contributed by atoms with Gasteiger partial charge in [0, 0.05) is 38.4 Å². The van der Waals surface area contributed by atoms with Gasteiger partial charge in [-0.2, -0.15) is 0 Å². The number of rotatable bonds is 7. The Kier molecular flexibility index (Phi) is 6.81. The molecule has 1 aromatic carbocycles. The fourth-order valence-electron chi connectivity index (χ4n) is 4.03. The average molecular weight is 392 g/mol. The molecule has 1 fully saturated rings. The zero-order valence-corrected chi connectivity index (χ0v) is 17.1. The van der Waals surface area contributed by atoms with E-state index < -0.39 is 5.41 Å². The second-order valence-corrected chi connectivity index (χ2v) is 7.63. The lowest BCUT2D eigenvalue weighted by Gasteiger charge is -2.41. The van der Waals surface area contributed by atoms with Crippen molar-refractivity contribution in [3.8, 4) is 11.1 Å². The fraction of sp³-hybridized carbons (Fsp3) is 0.375. The molecular formula is C24H29N3O2. The maximum atomic E-state index is 13.1. The Morgan fingerprint density at radius 1 is 1.21 bits per heavy atom. The van der Waals surface area contributed by atoms with Gasteiger partial charge < -0.3 is 10.2 Å². The summed E-state index contributed by atoms with van der Waals surface area (Å²) in [5, 5.41) is 3.00. The Balaban J connectivity index is 1.83. The molecule has 1 N–H and O–H groups in total. The number of nitrogens with one attached hydrogen (secondary N) is 1. The maximum absolute atomic E-state index is 13.1. The highest BCUT2D eigenvalue weighted by Crippen LogP contribution is 2.36. The highest BCUT2D eigenvalue weighted by atomic mass is 16.2. The molecule has 0 saturated carbocycles. The largest absolute Gasteiger partial charge is 0.352 e. The first-order valence-electron chi connectivity index (χ1n) is 10.2. The van der Waals surface area contributed by atoms with Crippen molar-refractivity contribution in [2.75, 3.05) is 19.6 Å². The minimum atomic E-state index is -0.513. The van der Waals surface area contributed by atoms with E-state index >= 15 is 0 Å². The first-order chi connectivity index (χ1) is 14.1. The molecule has 1 aliphatic rings. The van der Waals surface area contributed by atoms with Crippen molar-refractivity contribution in [1.29, 1.82) is 0 Å². The summed E-state index contributed by atoms with van der Waals surface area (Å²) in [6.07, 6.45) is 7.79. The second-order valence-electron chi connectivity index (χ2n) is 7.63. The number of likely N-dealkylation sites (tertiary alicyclic amines) is 1. The quantitative estimate of drug-likeness (QED) is 0.734. The van der Waals surface area contributed by atoms with E-state index in [1.54, 1.807) is 12.3 Å². The van der Waals surface area contributed by atoms with Gasteiger partial charge in [0.15, 0.2) is 0 Å². The molecule has 152 valence electrons. The van der Waals surface area contributed by atoms with Crippen LogP contribution in [0.2, 0.25) is 0 Å². The van der Waals surface area contributed by atoms with Gasteiger partial charge in [-0.3, -0.25) is 14.6 Å². The number of carbonyl (C=O) groups is 2. The van der Waals surface area contributed by atoms with Gasteiger partial charge in [-0.25, -0.2) is 0 Å². The standard InChI is InChI=1S/C24H29N3O2/c1-3-12-26-23(29)24(10-14-27(15-11-24)22(28)4-2)17-19-7-5-8-20(16-19)21-9-6-13-25-18-21/h3,5-9,13,16,18H,1,4,10-12,14-15,17H2,2H3,(H,26,29). The van der Waals surface area contributed by atoms with Crippen LogP contribution in [0.4, 0.5) is 0 Å². The van der Waals surface area contributed by atoms with E-state index in [4.69, 9.17) is 0 Å². The van der Waals surface area contributed by atoms with Gasteiger partial charge in [0.25, 0.3) is 0 Å². The molecule has 0 radical (unpaired) electrons. The van der Waals surface area contributed by atoms with Crippen LogP contribution in [0.25, 0.3) is 11.1 Å². The predicted molar refractivity (Wildman–Crippen MR) is 115 cm³/mol. The first kappa shape index (κ1) is 20.8. The number of benzene rings is 1. The topological polar surface area (TPSA) is 62.3 Å². The van der Waals surface area contributed by atoms with Crippen LogP contribution in [0.3, 0.4) is 0 Å². The SMILES string of the molecule is C=CCNC(=O)C1(Cc2cccc(-c3cccnc3)c2)CCN(C(=O)CC)CC1. The lowest BCUT2D eigenvalue weighted by molar-refractivity contribution is -0.140. The molecule has 1 aromatic heterocycles.